The fourth-order valence-electron chi connectivity index (χ4n) is 3.15. The molecule has 2 nitrogen and oxygen atoms in total. The molecule has 1 aromatic heterocycles. The molecular formula is C21H24Cl2N2. The van der Waals surface area contributed by atoms with Crippen molar-refractivity contribution in [3.05, 3.63) is 69.8 Å². The van der Waals surface area contributed by atoms with E-state index in [9.17, 15) is 0 Å². The molecule has 0 spiro atoms. The van der Waals surface area contributed by atoms with Crippen LogP contribution >= 0.6 is 23.2 Å². The second kappa shape index (κ2) is 8.75. The van der Waals surface area contributed by atoms with Crippen LogP contribution in [0.4, 0.5) is 0 Å². The van der Waals surface area contributed by atoms with Crippen LogP contribution in [0.2, 0.25) is 10.0 Å². The molecule has 4 heteroatoms. The Bertz CT molecular complexity index is 839. The van der Waals surface area contributed by atoms with Crippen molar-refractivity contribution in [1.29, 1.82) is 0 Å². The van der Waals surface area contributed by atoms with E-state index in [1.165, 1.54) is 35.7 Å². The Labute approximate surface area is 159 Å². The van der Waals surface area contributed by atoms with Gasteiger partial charge in [0.2, 0.25) is 0 Å². The van der Waals surface area contributed by atoms with Gasteiger partial charge in [-0.25, -0.2) is 0 Å². The van der Waals surface area contributed by atoms with E-state index in [-0.39, 0.29) is 0 Å². The third-order valence-electron chi connectivity index (χ3n) is 4.50. The number of rotatable bonds is 8. The number of halogens is 2. The average Bonchev–Trinajstić information content (AvgIpc) is 2.95. The van der Waals surface area contributed by atoms with Gasteiger partial charge >= 0.3 is 0 Å². The smallest absolute Gasteiger partial charge is 0.0491 e. The summed E-state index contributed by atoms with van der Waals surface area (Å²) >= 11 is 12.4. The van der Waals surface area contributed by atoms with Gasteiger partial charge in [-0.1, -0.05) is 67.2 Å². The third kappa shape index (κ3) is 4.58. The fourth-order valence-corrected chi connectivity index (χ4v) is 3.62. The number of fused-ring (bicyclic) bond motifs is 1. The maximum atomic E-state index is 6.36. The monoisotopic (exact) mass is 374 g/mol. The maximum Gasteiger partial charge on any atom is 0.0491 e. The predicted molar refractivity (Wildman–Crippen MR) is 109 cm³/mol. The Kier molecular flexibility index (Phi) is 6.41. The minimum absolute atomic E-state index is 0.670. The Balaban J connectivity index is 1.81. The van der Waals surface area contributed by atoms with E-state index in [4.69, 9.17) is 23.2 Å². The lowest BCUT2D eigenvalue weighted by atomic mass is 10.1. The van der Waals surface area contributed by atoms with Crippen LogP contribution in [0, 0.1) is 0 Å². The van der Waals surface area contributed by atoms with Gasteiger partial charge in [0.25, 0.3) is 0 Å². The lowest BCUT2D eigenvalue weighted by Gasteiger charge is -2.08. The van der Waals surface area contributed by atoms with Crippen LogP contribution in [0.25, 0.3) is 10.9 Å². The lowest BCUT2D eigenvalue weighted by Crippen LogP contribution is -2.14. The number of benzene rings is 2. The molecule has 0 amide bonds. The zero-order valence-electron chi connectivity index (χ0n) is 14.6. The van der Waals surface area contributed by atoms with Crippen molar-refractivity contribution >= 4 is 34.1 Å². The van der Waals surface area contributed by atoms with Crippen LogP contribution in [0.1, 0.15) is 37.3 Å². The summed E-state index contributed by atoms with van der Waals surface area (Å²) in [5, 5.41) is 6.25. The molecule has 1 N–H and O–H groups in total. The minimum atomic E-state index is 0.670. The summed E-state index contributed by atoms with van der Waals surface area (Å²) in [6.07, 6.45) is 6.00. The number of unbranched alkanes of at least 4 members (excludes halogenated alkanes) is 2. The van der Waals surface area contributed by atoms with E-state index in [0.29, 0.717) is 10.0 Å². The van der Waals surface area contributed by atoms with E-state index in [2.05, 4.69) is 47.3 Å². The van der Waals surface area contributed by atoms with Crippen LogP contribution in [0.15, 0.2) is 48.7 Å². The zero-order chi connectivity index (χ0) is 17.6. The van der Waals surface area contributed by atoms with E-state index in [1.807, 2.05) is 12.1 Å². The first kappa shape index (κ1) is 18.3. The molecule has 3 rings (SSSR count). The first-order valence-corrected chi connectivity index (χ1v) is 9.66. The third-order valence-corrected chi connectivity index (χ3v) is 5.09. The van der Waals surface area contributed by atoms with Gasteiger partial charge in [0.1, 0.15) is 0 Å². The molecular weight excluding hydrogens is 351 g/mol. The van der Waals surface area contributed by atoms with Crippen molar-refractivity contribution in [2.45, 2.75) is 39.3 Å². The molecule has 0 saturated heterocycles. The highest BCUT2D eigenvalue weighted by Crippen LogP contribution is 2.26. The number of para-hydroxylation sites is 1. The fraction of sp³-hybridized carbons (Fsp3) is 0.333. The van der Waals surface area contributed by atoms with Crippen LogP contribution in [0.3, 0.4) is 0 Å². The molecule has 0 atom stereocenters. The molecule has 2 aromatic carbocycles. The van der Waals surface area contributed by atoms with Gasteiger partial charge in [0.15, 0.2) is 0 Å². The molecule has 0 bridgehead atoms. The highest BCUT2D eigenvalue weighted by atomic mass is 35.5. The Morgan fingerprint density at radius 2 is 1.84 bits per heavy atom. The molecule has 0 aliphatic heterocycles. The predicted octanol–water partition coefficient (Wildman–Crippen LogP) is 6.28. The van der Waals surface area contributed by atoms with E-state index < -0.39 is 0 Å². The molecule has 0 aliphatic rings. The van der Waals surface area contributed by atoms with Crippen molar-refractivity contribution in [2.75, 3.05) is 6.54 Å². The highest BCUT2D eigenvalue weighted by Gasteiger charge is 2.10. The molecule has 25 heavy (non-hydrogen) atoms. The van der Waals surface area contributed by atoms with E-state index in [0.717, 1.165) is 25.2 Å². The number of hydrogen-bond acceptors (Lipinski definition) is 1. The standard InChI is InChI=1S/C21H24Cl2N2/c1-2-3-6-11-24-13-17-15-25(21-8-5-4-7-19(17)21)14-16-9-10-18(22)12-20(16)23/h4-5,7-10,12,15,24H,2-3,6,11,13-14H2,1H3. The second-order valence-corrected chi connectivity index (χ2v) is 7.26. The average molecular weight is 375 g/mol. The Morgan fingerprint density at radius 1 is 1.00 bits per heavy atom. The molecule has 0 fully saturated rings. The number of aromatic nitrogens is 1. The van der Waals surface area contributed by atoms with Gasteiger partial charge in [-0.05, 0) is 42.3 Å². The summed E-state index contributed by atoms with van der Waals surface area (Å²) in [5.74, 6) is 0. The van der Waals surface area contributed by atoms with Gasteiger partial charge in [0, 0.05) is 40.2 Å². The molecule has 0 radical (unpaired) electrons. The van der Waals surface area contributed by atoms with E-state index >= 15 is 0 Å². The summed E-state index contributed by atoms with van der Waals surface area (Å²) in [5.41, 5.74) is 3.64. The topological polar surface area (TPSA) is 17.0 Å². The van der Waals surface area contributed by atoms with Crippen molar-refractivity contribution in [1.82, 2.24) is 9.88 Å². The first-order valence-electron chi connectivity index (χ1n) is 8.90. The highest BCUT2D eigenvalue weighted by molar-refractivity contribution is 6.35. The minimum Gasteiger partial charge on any atom is -0.343 e. The first-order chi connectivity index (χ1) is 12.2. The summed E-state index contributed by atoms with van der Waals surface area (Å²) in [7, 11) is 0. The Morgan fingerprint density at radius 3 is 2.64 bits per heavy atom. The van der Waals surface area contributed by atoms with Gasteiger partial charge < -0.3 is 9.88 Å². The second-order valence-electron chi connectivity index (χ2n) is 6.42. The molecule has 0 aliphatic carbocycles. The molecule has 0 saturated carbocycles. The van der Waals surface area contributed by atoms with Crippen LogP contribution in [-0.2, 0) is 13.1 Å². The molecule has 132 valence electrons. The molecule has 3 aromatic rings. The van der Waals surface area contributed by atoms with Crippen LogP contribution < -0.4 is 5.32 Å². The van der Waals surface area contributed by atoms with E-state index in [1.54, 1.807) is 6.07 Å². The van der Waals surface area contributed by atoms with Crippen molar-refractivity contribution < 1.29 is 0 Å². The van der Waals surface area contributed by atoms with Crippen molar-refractivity contribution in [3.8, 4) is 0 Å². The SMILES string of the molecule is CCCCCNCc1cn(Cc2ccc(Cl)cc2Cl)c2ccccc12. The summed E-state index contributed by atoms with van der Waals surface area (Å²) in [4.78, 5) is 0. The summed E-state index contributed by atoms with van der Waals surface area (Å²) in [6, 6.07) is 14.2. The van der Waals surface area contributed by atoms with Gasteiger partial charge in [0.05, 0.1) is 0 Å². The summed E-state index contributed by atoms with van der Waals surface area (Å²) in [6.45, 7) is 4.93. The maximum absolute atomic E-state index is 6.36. The number of hydrogen-bond donors (Lipinski definition) is 1. The lowest BCUT2D eigenvalue weighted by molar-refractivity contribution is 0.617. The van der Waals surface area contributed by atoms with Crippen LogP contribution in [0.5, 0.6) is 0 Å². The van der Waals surface area contributed by atoms with Gasteiger partial charge in [-0.2, -0.15) is 0 Å². The number of nitrogens with zero attached hydrogens (tertiary/aromatic N) is 1. The van der Waals surface area contributed by atoms with Gasteiger partial charge in [-0.3, -0.25) is 0 Å². The van der Waals surface area contributed by atoms with Crippen molar-refractivity contribution in [3.63, 3.8) is 0 Å². The zero-order valence-corrected chi connectivity index (χ0v) is 16.1. The quantitative estimate of drug-likeness (QED) is 0.459. The Hall–Kier alpha value is -1.48. The number of nitrogens with one attached hydrogen (secondary N) is 1. The van der Waals surface area contributed by atoms with Crippen LogP contribution in [-0.4, -0.2) is 11.1 Å². The molecule has 1 heterocycles. The van der Waals surface area contributed by atoms with Gasteiger partial charge in [-0.15, -0.1) is 0 Å². The normalized spacial score (nSPS) is 11.3. The largest absolute Gasteiger partial charge is 0.343 e. The summed E-state index contributed by atoms with van der Waals surface area (Å²) < 4.78 is 2.27. The van der Waals surface area contributed by atoms with Crippen molar-refractivity contribution in [2.24, 2.45) is 0 Å². The molecule has 0 unspecified atom stereocenters.